The molecule has 7 heterocycles. The number of hydrogen-bond acceptors (Lipinski definition) is 11. The molecule has 0 unspecified atom stereocenters. The molecule has 0 atom stereocenters. The fraction of sp³-hybridized carbons (Fsp3) is 0.500. The van der Waals surface area contributed by atoms with Gasteiger partial charge in [0.25, 0.3) is 0 Å². The maximum absolute atomic E-state index is 4.43. The SMILES string of the molecule is Cc1nc(C)c(C)c(C)c1C.Cc1nc(C)c(C)c(C)c1C.Cc1nc(C)c(C)c(C)c1C.Cc1nc(C)c(C)c(C)n1.Cc1nc(C)c(C)c(C)n1.Cc1nc(C)c(C)c(C)n1.Cc1nc(C)c(C)nc1C. The van der Waals surface area contributed by atoms with Gasteiger partial charge in [0.05, 0.1) is 22.8 Å². The molecule has 11 nitrogen and oxygen atoms in total. The largest absolute Gasteiger partial charge is 0.258 e. The number of aromatic nitrogens is 11. The highest BCUT2D eigenvalue weighted by molar-refractivity contribution is 5.39. The molecular weight excluding hydrogens is 899 g/mol. The number of nitrogens with zero attached hydrogens (tertiary/aromatic N) is 11. The molecule has 0 aromatic carbocycles. The van der Waals surface area contributed by atoms with E-state index in [0.29, 0.717) is 0 Å². The minimum Gasteiger partial charge on any atom is -0.258 e. The van der Waals surface area contributed by atoms with Crippen molar-refractivity contribution < 1.29 is 0 Å². The lowest BCUT2D eigenvalue weighted by Gasteiger charge is -2.09. The molecule has 0 N–H and O–H groups in total. The van der Waals surface area contributed by atoms with Crippen molar-refractivity contribution in [3.05, 3.63) is 175 Å². The van der Waals surface area contributed by atoms with E-state index in [1.807, 2.05) is 111 Å². The molecule has 0 saturated heterocycles. The average molecular weight is 993 g/mol. The Labute approximate surface area is 443 Å². The molecule has 0 spiro atoms. The summed E-state index contributed by atoms with van der Waals surface area (Å²) >= 11 is 0. The molecule has 0 amide bonds. The molecule has 0 aliphatic carbocycles. The van der Waals surface area contributed by atoms with E-state index >= 15 is 0 Å². The Balaban J connectivity index is 0.000000426. The van der Waals surface area contributed by atoms with Gasteiger partial charge in [-0.25, -0.2) is 29.9 Å². The molecule has 7 aromatic rings. The van der Waals surface area contributed by atoms with Gasteiger partial charge < -0.3 is 0 Å². The van der Waals surface area contributed by atoms with Crippen LogP contribution in [0.25, 0.3) is 0 Å². The highest BCUT2D eigenvalue weighted by Crippen LogP contribution is 2.19. The van der Waals surface area contributed by atoms with Crippen molar-refractivity contribution in [2.75, 3.05) is 0 Å². The number of hydrogen-bond donors (Lipinski definition) is 0. The lowest BCUT2D eigenvalue weighted by atomic mass is 10.0. The van der Waals surface area contributed by atoms with Crippen molar-refractivity contribution in [1.29, 1.82) is 0 Å². The lowest BCUT2D eigenvalue weighted by molar-refractivity contribution is 0.948. The Bertz CT molecular complexity index is 2540. The minimum atomic E-state index is 0.862. The molecule has 0 bridgehead atoms. The van der Waals surface area contributed by atoms with E-state index in [1.165, 1.54) is 66.8 Å². The summed E-state index contributed by atoms with van der Waals surface area (Å²) in [6, 6.07) is 0. The third-order valence-electron chi connectivity index (χ3n) is 14.6. The number of aryl methyl sites for hydroxylation is 19. The van der Waals surface area contributed by atoms with Crippen molar-refractivity contribution in [2.24, 2.45) is 0 Å². The van der Waals surface area contributed by atoms with Crippen LogP contribution in [0.5, 0.6) is 0 Å². The first-order chi connectivity index (χ1) is 33.5. The number of rotatable bonds is 0. The fourth-order valence-corrected chi connectivity index (χ4v) is 7.38. The van der Waals surface area contributed by atoms with Crippen LogP contribution in [0, 0.1) is 215 Å². The van der Waals surface area contributed by atoms with Crippen molar-refractivity contribution in [2.45, 2.75) is 215 Å². The predicted octanol–water partition coefficient (Wildman–Crippen LogP) is 14.7. The van der Waals surface area contributed by atoms with Crippen LogP contribution in [-0.2, 0) is 0 Å². The van der Waals surface area contributed by atoms with Gasteiger partial charge in [-0.15, -0.1) is 0 Å². The minimum absolute atomic E-state index is 0.862. The zero-order valence-corrected chi connectivity index (χ0v) is 51.4. The smallest absolute Gasteiger partial charge is 0.125 e. The molecule has 0 radical (unpaired) electrons. The van der Waals surface area contributed by atoms with Crippen molar-refractivity contribution in [3.8, 4) is 0 Å². The third-order valence-corrected chi connectivity index (χ3v) is 14.6. The van der Waals surface area contributed by atoms with Crippen LogP contribution < -0.4 is 0 Å². The maximum atomic E-state index is 4.43. The molecule has 0 aliphatic heterocycles. The Hall–Kier alpha value is -6.23. The zero-order chi connectivity index (χ0) is 56.7. The van der Waals surface area contributed by atoms with Crippen LogP contribution in [0.2, 0.25) is 0 Å². The topological polar surface area (TPSA) is 142 Å². The first-order valence-electron chi connectivity index (χ1n) is 25.4. The van der Waals surface area contributed by atoms with E-state index in [1.54, 1.807) is 0 Å². The van der Waals surface area contributed by atoms with Gasteiger partial charge in [-0.2, -0.15) is 0 Å². The number of pyridine rings is 3. The molecule has 11 heteroatoms. The van der Waals surface area contributed by atoms with Gasteiger partial charge in [-0.3, -0.25) is 24.9 Å². The molecule has 73 heavy (non-hydrogen) atoms. The Morgan fingerprint density at radius 2 is 0.219 bits per heavy atom. The average Bonchev–Trinajstić information content (AvgIpc) is 3.31. The van der Waals surface area contributed by atoms with Gasteiger partial charge in [-0.05, 0) is 281 Å². The Morgan fingerprint density at radius 3 is 0.356 bits per heavy atom. The quantitative estimate of drug-likeness (QED) is 0.143. The molecular formula is C62H93N11. The van der Waals surface area contributed by atoms with E-state index < -0.39 is 0 Å². The summed E-state index contributed by atoms with van der Waals surface area (Å²) in [5, 5.41) is 0. The molecule has 0 fully saturated rings. The summed E-state index contributed by atoms with van der Waals surface area (Å²) in [7, 11) is 0. The van der Waals surface area contributed by atoms with Crippen LogP contribution in [0.15, 0.2) is 0 Å². The summed E-state index contributed by atoms with van der Waals surface area (Å²) < 4.78 is 0. The highest BCUT2D eigenvalue weighted by atomic mass is 14.9. The summed E-state index contributed by atoms with van der Waals surface area (Å²) in [6.45, 7) is 63.5. The second-order valence-corrected chi connectivity index (χ2v) is 19.7. The van der Waals surface area contributed by atoms with Crippen molar-refractivity contribution in [3.63, 3.8) is 0 Å². The second kappa shape index (κ2) is 28.9. The van der Waals surface area contributed by atoms with Gasteiger partial charge in [0.1, 0.15) is 17.5 Å². The van der Waals surface area contributed by atoms with Crippen molar-refractivity contribution in [1.82, 2.24) is 54.8 Å². The summed E-state index contributed by atoms with van der Waals surface area (Å²) in [5.74, 6) is 2.59. The lowest BCUT2D eigenvalue weighted by Crippen LogP contribution is -1.98. The van der Waals surface area contributed by atoms with E-state index in [-0.39, 0.29) is 0 Å². The highest BCUT2D eigenvalue weighted by Gasteiger charge is 2.07. The first kappa shape index (κ1) is 64.8. The fourth-order valence-electron chi connectivity index (χ4n) is 7.38. The Morgan fingerprint density at radius 1 is 0.110 bits per heavy atom. The molecule has 0 aliphatic rings. The van der Waals surface area contributed by atoms with Gasteiger partial charge in [0, 0.05) is 68.3 Å². The molecule has 7 aromatic heterocycles. The van der Waals surface area contributed by atoms with Crippen LogP contribution in [0.1, 0.15) is 175 Å². The summed E-state index contributed by atoms with van der Waals surface area (Å²) in [4.78, 5) is 47.3. The second-order valence-electron chi connectivity index (χ2n) is 19.7. The van der Waals surface area contributed by atoms with Gasteiger partial charge in [0.15, 0.2) is 0 Å². The standard InChI is InChI=1S/3C10H15N.4C8H12N2/c3*1-6-7(2)9(4)11-10(5)8(6)3;1-5-6(2)10-8(4)7(3)9-5;3*1-5-6(2)9-8(4)10-7(5)3/h3*1-5H3;4*1-4H3. The van der Waals surface area contributed by atoms with E-state index in [4.69, 9.17) is 0 Å². The van der Waals surface area contributed by atoms with Crippen LogP contribution in [0.3, 0.4) is 0 Å². The Kier molecular flexibility index (Phi) is 25.6. The van der Waals surface area contributed by atoms with Crippen LogP contribution in [0.4, 0.5) is 0 Å². The van der Waals surface area contributed by atoms with Crippen LogP contribution in [-0.4, -0.2) is 54.8 Å². The van der Waals surface area contributed by atoms with Crippen LogP contribution >= 0.6 is 0 Å². The maximum Gasteiger partial charge on any atom is 0.125 e. The van der Waals surface area contributed by atoms with Gasteiger partial charge in [-0.1, -0.05) is 0 Å². The summed E-state index contributed by atoms with van der Waals surface area (Å²) in [5.41, 5.74) is 33.3. The van der Waals surface area contributed by atoms with Gasteiger partial charge in [0.2, 0.25) is 0 Å². The van der Waals surface area contributed by atoms with E-state index in [0.717, 1.165) is 109 Å². The van der Waals surface area contributed by atoms with Gasteiger partial charge >= 0.3 is 0 Å². The van der Waals surface area contributed by atoms with E-state index in [9.17, 15) is 0 Å². The van der Waals surface area contributed by atoms with E-state index in [2.05, 4.69) is 159 Å². The normalized spacial score (nSPS) is 10.1. The zero-order valence-electron chi connectivity index (χ0n) is 51.4. The molecule has 396 valence electrons. The monoisotopic (exact) mass is 992 g/mol. The molecule has 7 rings (SSSR count). The molecule has 0 saturated carbocycles. The third kappa shape index (κ3) is 19.3. The van der Waals surface area contributed by atoms with Crippen molar-refractivity contribution >= 4 is 0 Å². The first-order valence-corrected chi connectivity index (χ1v) is 25.4. The predicted molar refractivity (Wildman–Crippen MR) is 308 cm³/mol. The summed E-state index contributed by atoms with van der Waals surface area (Å²) in [6.07, 6.45) is 0.